The normalized spacial score (nSPS) is 17.4. The number of thioether (sulfide) groups is 1. The molecule has 1 amide bonds. The van der Waals surface area contributed by atoms with Crippen LogP contribution >= 0.6 is 23.1 Å². The summed E-state index contributed by atoms with van der Waals surface area (Å²) in [5, 5.41) is 12.5. The second kappa shape index (κ2) is 6.30. The molecule has 0 bridgehead atoms. The summed E-state index contributed by atoms with van der Waals surface area (Å²) in [5.41, 5.74) is 2.62. The smallest absolute Gasteiger partial charge is 0.240 e. The van der Waals surface area contributed by atoms with Gasteiger partial charge in [-0.25, -0.2) is 4.98 Å². The maximum atomic E-state index is 12.4. The van der Waals surface area contributed by atoms with Gasteiger partial charge in [0.2, 0.25) is 5.91 Å². The molecule has 3 aromatic rings. The molecule has 1 saturated heterocycles. The van der Waals surface area contributed by atoms with Gasteiger partial charge in [-0.3, -0.25) is 9.69 Å². The van der Waals surface area contributed by atoms with Crippen molar-refractivity contribution in [1.82, 2.24) is 4.98 Å². The topological polar surface area (TPSA) is 53.4 Å². The van der Waals surface area contributed by atoms with E-state index in [0.717, 1.165) is 16.8 Å². The maximum absolute atomic E-state index is 12.4. The van der Waals surface area contributed by atoms with E-state index in [0.29, 0.717) is 10.9 Å². The second-order valence-corrected chi connectivity index (χ2v) is 7.27. The molecule has 4 nitrogen and oxygen atoms in total. The lowest BCUT2D eigenvalue weighted by atomic mass is 10.2. The summed E-state index contributed by atoms with van der Waals surface area (Å²) in [7, 11) is 0. The third-order valence-electron chi connectivity index (χ3n) is 3.84. The van der Waals surface area contributed by atoms with E-state index in [4.69, 9.17) is 0 Å². The van der Waals surface area contributed by atoms with Gasteiger partial charge >= 0.3 is 0 Å². The largest absolute Gasteiger partial charge is 0.508 e. The lowest BCUT2D eigenvalue weighted by Gasteiger charge is -2.22. The molecule has 1 N–H and O–H groups in total. The van der Waals surface area contributed by atoms with Crippen molar-refractivity contribution in [2.75, 3.05) is 10.7 Å². The third kappa shape index (κ3) is 2.68. The number of benzene rings is 2. The zero-order valence-corrected chi connectivity index (χ0v) is 14.3. The molecule has 1 unspecified atom stereocenters. The number of rotatable bonds is 3. The second-order valence-electron chi connectivity index (χ2n) is 5.37. The van der Waals surface area contributed by atoms with E-state index >= 15 is 0 Å². The van der Waals surface area contributed by atoms with E-state index in [1.165, 1.54) is 23.1 Å². The number of amides is 1. The Morgan fingerprint density at radius 1 is 1.08 bits per heavy atom. The van der Waals surface area contributed by atoms with Crippen molar-refractivity contribution in [3.63, 3.8) is 0 Å². The molecule has 1 atom stereocenters. The fourth-order valence-corrected chi connectivity index (χ4v) is 4.80. The zero-order valence-electron chi connectivity index (χ0n) is 12.6. The van der Waals surface area contributed by atoms with Crippen molar-refractivity contribution in [3.05, 3.63) is 65.5 Å². The highest BCUT2D eigenvalue weighted by molar-refractivity contribution is 8.00. The Kier molecular flexibility index (Phi) is 4.00. The van der Waals surface area contributed by atoms with E-state index in [1.807, 2.05) is 47.8 Å². The number of hydrogen-bond acceptors (Lipinski definition) is 5. The van der Waals surface area contributed by atoms with Crippen molar-refractivity contribution in [3.8, 4) is 17.0 Å². The Balaban J connectivity index is 1.71. The van der Waals surface area contributed by atoms with Gasteiger partial charge in [0.25, 0.3) is 0 Å². The van der Waals surface area contributed by atoms with E-state index in [-0.39, 0.29) is 17.0 Å². The number of thiazole rings is 1. The first-order valence-corrected chi connectivity index (χ1v) is 9.39. The minimum Gasteiger partial charge on any atom is -0.508 e. The molecule has 24 heavy (non-hydrogen) atoms. The Morgan fingerprint density at radius 3 is 2.62 bits per heavy atom. The zero-order chi connectivity index (χ0) is 16.5. The third-order valence-corrected chi connectivity index (χ3v) is 5.87. The Labute approximate surface area is 147 Å². The summed E-state index contributed by atoms with van der Waals surface area (Å²) in [6.45, 7) is 0. The first kappa shape index (κ1) is 15.2. The molecular weight excluding hydrogens is 340 g/mol. The van der Waals surface area contributed by atoms with Crippen molar-refractivity contribution < 1.29 is 9.90 Å². The lowest BCUT2D eigenvalue weighted by molar-refractivity contribution is -0.115. The molecule has 0 spiro atoms. The van der Waals surface area contributed by atoms with Gasteiger partial charge in [0.15, 0.2) is 5.13 Å². The van der Waals surface area contributed by atoms with Crippen LogP contribution in [0.15, 0.2) is 60.0 Å². The Hall–Kier alpha value is -2.31. The Morgan fingerprint density at radius 2 is 1.83 bits per heavy atom. The molecular formula is C18H14N2O2S2. The lowest BCUT2D eigenvalue weighted by Crippen LogP contribution is -2.27. The number of phenolic OH excluding ortho intramolecular Hbond substituents is 1. The van der Waals surface area contributed by atoms with Crippen LogP contribution in [0.2, 0.25) is 0 Å². The fraction of sp³-hybridized carbons (Fsp3) is 0.111. The molecule has 0 saturated carbocycles. The molecule has 1 aliphatic rings. The Bertz CT molecular complexity index is 879. The summed E-state index contributed by atoms with van der Waals surface area (Å²) in [6.07, 6.45) is 0. The van der Waals surface area contributed by atoms with Gasteiger partial charge in [-0.2, -0.15) is 0 Å². The molecule has 6 heteroatoms. The quantitative estimate of drug-likeness (QED) is 0.762. The van der Waals surface area contributed by atoms with Crippen molar-refractivity contribution >= 4 is 34.1 Å². The predicted molar refractivity (Wildman–Crippen MR) is 98.3 cm³/mol. The number of carbonyl (C=O) groups is 1. The molecule has 120 valence electrons. The van der Waals surface area contributed by atoms with E-state index in [1.54, 1.807) is 17.0 Å². The van der Waals surface area contributed by atoms with E-state index in [9.17, 15) is 9.90 Å². The summed E-state index contributed by atoms with van der Waals surface area (Å²) in [4.78, 5) is 18.7. The minimum atomic E-state index is -0.242. The summed E-state index contributed by atoms with van der Waals surface area (Å²) in [6, 6.07) is 17.0. The molecule has 0 aliphatic carbocycles. The summed E-state index contributed by atoms with van der Waals surface area (Å²) in [5.74, 6) is 0.607. The number of para-hydroxylation sites is 1. The van der Waals surface area contributed by atoms with Crippen LogP contribution in [0.3, 0.4) is 0 Å². The molecule has 1 aliphatic heterocycles. The highest BCUT2D eigenvalue weighted by Gasteiger charge is 2.37. The first-order chi connectivity index (χ1) is 11.7. The molecule has 1 aromatic heterocycles. The van der Waals surface area contributed by atoms with Crippen LogP contribution < -0.4 is 4.90 Å². The van der Waals surface area contributed by atoms with Crippen LogP contribution in [0.1, 0.15) is 10.9 Å². The SMILES string of the molecule is O=C1CSC(c2ccccc2O)N1c1nc(-c2ccccc2)cs1. The molecule has 2 heterocycles. The minimum absolute atomic E-state index is 0.0159. The molecule has 1 fully saturated rings. The van der Waals surface area contributed by atoms with Crippen LogP contribution in [0.4, 0.5) is 5.13 Å². The van der Waals surface area contributed by atoms with Gasteiger partial charge in [-0.1, -0.05) is 48.5 Å². The first-order valence-electron chi connectivity index (χ1n) is 7.46. The van der Waals surface area contributed by atoms with Crippen LogP contribution in [0.25, 0.3) is 11.3 Å². The van der Waals surface area contributed by atoms with Crippen molar-refractivity contribution in [2.24, 2.45) is 0 Å². The summed E-state index contributed by atoms with van der Waals surface area (Å²) < 4.78 is 0. The fourth-order valence-electron chi connectivity index (χ4n) is 2.67. The number of aromatic hydroxyl groups is 1. The average molecular weight is 354 g/mol. The van der Waals surface area contributed by atoms with E-state index in [2.05, 4.69) is 4.98 Å². The van der Waals surface area contributed by atoms with Crippen molar-refractivity contribution in [2.45, 2.75) is 5.37 Å². The van der Waals surface area contributed by atoms with Crippen molar-refractivity contribution in [1.29, 1.82) is 0 Å². The maximum Gasteiger partial charge on any atom is 0.240 e. The highest BCUT2D eigenvalue weighted by atomic mass is 32.2. The van der Waals surface area contributed by atoms with Crippen LogP contribution in [-0.4, -0.2) is 21.8 Å². The van der Waals surface area contributed by atoms with Crippen LogP contribution in [-0.2, 0) is 4.79 Å². The molecule has 4 rings (SSSR count). The monoisotopic (exact) mass is 354 g/mol. The number of phenols is 1. The number of carbonyl (C=O) groups excluding carboxylic acids is 1. The summed E-state index contributed by atoms with van der Waals surface area (Å²) >= 11 is 2.96. The number of anilines is 1. The van der Waals surface area contributed by atoms with E-state index < -0.39 is 0 Å². The van der Waals surface area contributed by atoms with Crippen LogP contribution in [0, 0.1) is 0 Å². The highest BCUT2D eigenvalue weighted by Crippen LogP contribution is 2.45. The van der Waals surface area contributed by atoms with Gasteiger partial charge in [-0.15, -0.1) is 23.1 Å². The van der Waals surface area contributed by atoms with Gasteiger partial charge in [0.1, 0.15) is 11.1 Å². The average Bonchev–Trinajstić information content (AvgIpc) is 3.23. The van der Waals surface area contributed by atoms with Gasteiger partial charge in [0, 0.05) is 16.5 Å². The predicted octanol–water partition coefficient (Wildman–Crippen LogP) is 4.29. The number of hydrogen-bond donors (Lipinski definition) is 1. The number of aromatic nitrogens is 1. The molecule has 0 radical (unpaired) electrons. The number of nitrogens with zero attached hydrogens (tertiary/aromatic N) is 2. The molecule has 2 aromatic carbocycles. The van der Waals surface area contributed by atoms with Crippen LogP contribution in [0.5, 0.6) is 5.75 Å². The van der Waals surface area contributed by atoms with Gasteiger partial charge in [0.05, 0.1) is 11.4 Å². The van der Waals surface area contributed by atoms with Gasteiger partial charge in [-0.05, 0) is 6.07 Å². The standard InChI is InChI=1S/C18H14N2O2S2/c21-15-9-5-4-8-13(15)17-20(16(22)11-23-17)18-19-14(10-24-18)12-6-2-1-3-7-12/h1-10,17,21H,11H2. The van der Waals surface area contributed by atoms with Gasteiger partial charge < -0.3 is 5.11 Å².